The third kappa shape index (κ3) is 3.42. The van der Waals surface area contributed by atoms with E-state index in [-0.39, 0.29) is 17.3 Å². The highest BCUT2D eigenvalue weighted by atomic mass is 35.5. The molecule has 112 valence electrons. The Hall–Kier alpha value is -1.87. The molecule has 10 heteroatoms. The van der Waals surface area contributed by atoms with E-state index in [4.69, 9.17) is 11.6 Å². The van der Waals surface area contributed by atoms with Crippen LogP contribution in [0.3, 0.4) is 0 Å². The van der Waals surface area contributed by atoms with Crippen molar-refractivity contribution in [3.05, 3.63) is 46.5 Å². The third-order valence-corrected chi connectivity index (χ3v) is 3.85. The second-order valence-electron chi connectivity index (χ2n) is 3.96. The topological polar surface area (TPSA) is 72.0 Å². The molecule has 0 bridgehead atoms. The van der Waals surface area contributed by atoms with E-state index in [0.717, 1.165) is 0 Å². The monoisotopic (exact) mass is 337 g/mol. The molecule has 2 rings (SSSR count). The minimum absolute atomic E-state index is 0.0553. The summed E-state index contributed by atoms with van der Waals surface area (Å²) < 4.78 is 65.5. The number of anilines is 1. The van der Waals surface area contributed by atoms with Crippen molar-refractivity contribution in [3.63, 3.8) is 0 Å². The molecular weight excluding hydrogens is 331 g/mol. The normalized spacial score (nSPS) is 11.5. The molecule has 0 fully saturated rings. The standard InChI is InChI=1S/C11H7ClF3N3O2S/c1-5-2-9(12)17-11(16-5)18-21(19,20)10-7(14)3-6(13)4-8(10)15/h2-4H,1H3,(H,16,17,18). The first-order chi connectivity index (χ1) is 9.69. The van der Waals surface area contributed by atoms with Gasteiger partial charge >= 0.3 is 0 Å². The zero-order chi connectivity index (χ0) is 15.8. The molecule has 0 aliphatic carbocycles. The number of sulfonamides is 1. The summed E-state index contributed by atoms with van der Waals surface area (Å²) in [4.78, 5) is 5.95. The van der Waals surface area contributed by atoms with E-state index in [1.54, 1.807) is 4.72 Å². The summed E-state index contributed by atoms with van der Waals surface area (Å²) in [7, 11) is -4.68. The van der Waals surface area contributed by atoms with E-state index < -0.39 is 38.3 Å². The number of nitrogens with zero attached hydrogens (tertiary/aromatic N) is 2. The number of aryl methyl sites for hydroxylation is 1. The Morgan fingerprint density at radius 2 is 1.67 bits per heavy atom. The number of aromatic nitrogens is 2. The molecule has 5 nitrogen and oxygen atoms in total. The van der Waals surface area contributed by atoms with Gasteiger partial charge in [0.15, 0.2) is 4.90 Å². The van der Waals surface area contributed by atoms with Gasteiger partial charge in [-0.05, 0) is 13.0 Å². The van der Waals surface area contributed by atoms with Gasteiger partial charge in [0.05, 0.1) is 0 Å². The number of benzene rings is 1. The molecular formula is C11H7ClF3N3O2S. The number of rotatable bonds is 3. The smallest absolute Gasteiger partial charge is 0.247 e. The molecule has 0 amide bonds. The van der Waals surface area contributed by atoms with E-state index in [9.17, 15) is 21.6 Å². The number of nitrogens with one attached hydrogen (secondary N) is 1. The van der Waals surface area contributed by atoms with Crippen LogP contribution in [0.2, 0.25) is 5.15 Å². The minimum Gasteiger partial charge on any atom is -0.247 e. The zero-order valence-corrected chi connectivity index (χ0v) is 11.9. The summed E-state index contributed by atoms with van der Waals surface area (Å²) in [5.74, 6) is -4.83. The van der Waals surface area contributed by atoms with Gasteiger partial charge in [0, 0.05) is 17.8 Å². The summed E-state index contributed by atoms with van der Waals surface area (Å²) in [5.41, 5.74) is 0.341. The summed E-state index contributed by atoms with van der Waals surface area (Å²) in [6, 6.07) is 1.86. The van der Waals surface area contributed by atoms with Gasteiger partial charge in [-0.1, -0.05) is 11.6 Å². The van der Waals surface area contributed by atoms with E-state index in [0.29, 0.717) is 5.69 Å². The molecule has 0 atom stereocenters. The molecule has 0 saturated carbocycles. The fourth-order valence-corrected chi connectivity index (χ4v) is 2.84. The second kappa shape index (κ2) is 5.49. The van der Waals surface area contributed by atoms with Crippen molar-refractivity contribution < 1.29 is 21.6 Å². The molecule has 0 radical (unpaired) electrons. The van der Waals surface area contributed by atoms with Crippen molar-refractivity contribution in [2.24, 2.45) is 0 Å². The van der Waals surface area contributed by atoms with Crippen LogP contribution in [0.5, 0.6) is 0 Å². The highest BCUT2D eigenvalue weighted by molar-refractivity contribution is 7.92. The van der Waals surface area contributed by atoms with Gasteiger partial charge < -0.3 is 0 Å². The third-order valence-electron chi connectivity index (χ3n) is 2.28. The van der Waals surface area contributed by atoms with E-state index >= 15 is 0 Å². The SMILES string of the molecule is Cc1cc(Cl)nc(NS(=O)(=O)c2c(F)cc(F)cc2F)n1. The summed E-state index contributed by atoms with van der Waals surface area (Å²) in [6.07, 6.45) is 0. The van der Waals surface area contributed by atoms with Gasteiger partial charge in [0.25, 0.3) is 10.0 Å². The van der Waals surface area contributed by atoms with Crippen molar-refractivity contribution in [2.45, 2.75) is 11.8 Å². The van der Waals surface area contributed by atoms with Crippen molar-refractivity contribution in [2.75, 3.05) is 4.72 Å². The van der Waals surface area contributed by atoms with Gasteiger partial charge in [-0.15, -0.1) is 0 Å². The molecule has 1 N–H and O–H groups in total. The predicted molar refractivity (Wildman–Crippen MR) is 68.9 cm³/mol. The molecule has 0 saturated heterocycles. The Balaban J connectivity index is 2.48. The Morgan fingerprint density at radius 3 is 2.19 bits per heavy atom. The maximum atomic E-state index is 13.5. The lowest BCUT2D eigenvalue weighted by Crippen LogP contribution is -2.18. The maximum Gasteiger partial charge on any atom is 0.270 e. The number of hydrogen-bond acceptors (Lipinski definition) is 4. The lowest BCUT2D eigenvalue weighted by molar-refractivity contribution is 0.498. The first-order valence-electron chi connectivity index (χ1n) is 5.37. The van der Waals surface area contributed by atoms with Crippen molar-refractivity contribution in [1.29, 1.82) is 0 Å². The van der Waals surface area contributed by atoms with E-state index in [1.807, 2.05) is 0 Å². The number of halogens is 4. The second-order valence-corrected chi connectivity index (χ2v) is 5.97. The molecule has 1 aromatic carbocycles. The van der Waals surface area contributed by atoms with Gasteiger partial charge in [0.1, 0.15) is 22.6 Å². The molecule has 1 aromatic heterocycles. The van der Waals surface area contributed by atoms with Crippen molar-refractivity contribution in [3.8, 4) is 0 Å². The first kappa shape index (κ1) is 15.5. The van der Waals surface area contributed by atoms with Crippen LogP contribution in [0.15, 0.2) is 23.1 Å². The zero-order valence-electron chi connectivity index (χ0n) is 10.4. The van der Waals surface area contributed by atoms with Crippen LogP contribution in [-0.2, 0) is 10.0 Å². The van der Waals surface area contributed by atoms with Crippen LogP contribution >= 0.6 is 11.6 Å². The summed E-state index contributed by atoms with van der Waals surface area (Å²) in [5, 5.41) is -0.0553. The Bertz CT molecular complexity index is 771. The van der Waals surface area contributed by atoms with Gasteiger partial charge in [-0.25, -0.2) is 36.3 Å². The lowest BCUT2D eigenvalue weighted by atomic mass is 10.3. The molecule has 21 heavy (non-hydrogen) atoms. The van der Waals surface area contributed by atoms with Gasteiger partial charge in [-0.3, -0.25) is 0 Å². The maximum absolute atomic E-state index is 13.5. The van der Waals surface area contributed by atoms with Crippen LogP contribution in [-0.4, -0.2) is 18.4 Å². The van der Waals surface area contributed by atoms with E-state index in [1.165, 1.54) is 13.0 Å². The highest BCUT2D eigenvalue weighted by Gasteiger charge is 2.26. The first-order valence-corrected chi connectivity index (χ1v) is 7.24. The average molecular weight is 338 g/mol. The number of hydrogen-bond donors (Lipinski definition) is 1. The molecule has 0 aliphatic rings. The van der Waals surface area contributed by atoms with Crippen LogP contribution < -0.4 is 4.72 Å². The van der Waals surface area contributed by atoms with Crippen LogP contribution in [0.1, 0.15) is 5.69 Å². The predicted octanol–water partition coefficient (Wildman–Crippen LogP) is 2.66. The Morgan fingerprint density at radius 1 is 1.10 bits per heavy atom. The van der Waals surface area contributed by atoms with E-state index in [2.05, 4.69) is 9.97 Å². The van der Waals surface area contributed by atoms with Crippen LogP contribution in [0, 0.1) is 24.4 Å². The Kier molecular flexibility index (Phi) is 4.06. The minimum atomic E-state index is -4.68. The molecule has 0 aliphatic heterocycles. The summed E-state index contributed by atoms with van der Waals surface area (Å²) in [6.45, 7) is 1.52. The molecule has 0 spiro atoms. The van der Waals surface area contributed by atoms with Crippen molar-refractivity contribution in [1.82, 2.24) is 9.97 Å². The average Bonchev–Trinajstić information content (AvgIpc) is 2.23. The molecule has 1 heterocycles. The Labute approximate surface area is 122 Å². The largest absolute Gasteiger partial charge is 0.270 e. The quantitative estimate of drug-likeness (QED) is 0.874. The fraction of sp³-hybridized carbons (Fsp3) is 0.0909. The van der Waals surface area contributed by atoms with Gasteiger partial charge in [-0.2, -0.15) is 0 Å². The highest BCUT2D eigenvalue weighted by Crippen LogP contribution is 2.22. The lowest BCUT2D eigenvalue weighted by Gasteiger charge is -2.09. The van der Waals surface area contributed by atoms with Crippen LogP contribution in [0.4, 0.5) is 19.1 Å². The molecule has 2 aromatic rings. The molecule has 0 unspecified atom stereocenters. The van der Waals surface area contributed by atoms with Crippen molar-refractivity contribution >= 4 is 27.6 Å². The summed E-state index contributed by atoms with van der Waals surface area (Å²) >= 11 is 5.62. The fourth-order valence-electron chi connectivity index (χ4n) is 1.53. The van der Waals surface area contributed by atoms with Crippen LogP contribution in [0.25, 0.3) is 0 Å². The van der Waals surface area contributed by atoms with Gasteiger partial charge in [0.2, 0.25) is 5.95 Å².